The molecule has 0 aliphatic heterocycles. The van der Waals surface area contributed by atoms with Crippen molar-refractivity contribution in [1.29, 1.82) is 0 Å². The number of likely N-dealkylation sites (N-methyl/N-ethyl adjacent to an activating group) is 1. The molecule has 0 unspecified atom stereocenters. The van der Waals surface area contributed by atoms with Crippen LogP contribution < -0.4 is 5.32 Å². The zero-order valence-electron chi connectivity index (χ0n) is 16.8. The molecule has 27 heavy (non-hydrogen) atoms. The number of nitrogens with one attached hydrogen (secondary N) is 1. The molecule has 1 aromatic carbocycles. The van der Waals surface area contributed by atoms with Crippen LogP contribution in [0.25, 0.3) is 0 Å². The Morgan fingerprint density at radius 3 is 2.37 bits per heavy atom. The maximum Gasteiger partial charge on any atom is 0.290 e. The van der Waals surface area contributed by atoms with Gasteiger partial charge in [-0.2, -0.15) is 0 Å². The molecule has 0 aliphatic carbocycles. The van der Waals surface area contributed by atoms with Crippen molar-refractivity contribution in [2.24, 2.45) is 0 Å². The highest BCUT2D eigenvalue weighted by Gasteiger charge is 1.94. The lowest BCUT2D eigenvalue weighted by molar-refractivity contribution is -0.122. The number of aliphatic hydroxyl groups is 1. The molecule has 0 radical (unpaired) electrons. The Balaban J connectivity index is 0. The topological polar surface area (TPSA) is 69.6 Å². The average Bonchev–Trinajstić information content (AvgIpc) is 2.67. The summed E-state index contributed by atoms with van der Waals surface area (Å²) >= 11 is 5.21. The van der Waals surface area contributed by atoms with E-state index in [9.17, 15) is 0 Å². The SMILES string of the molecule is CCCSc1cccc(CO)c1.C\C=C(C)/C(=C\C=C(/C)Br)NC.O=CO. The minimum Gasteiger partial charge on any atom is -0.483 e. The van der Waals surface area contributed by atoms with Crippen molar-refractivity contribution in [3.05, 3.63) is 63.8 Å². The molecule has 3 N–H and O–H groups in total. The summed E-state index contributed by atoms with van der Waals surface area (Å²) in [7, 11) is 1.93. The number of carbonyl (C=O) groups is 1. The monoisotopic (exact) mass is 457 g/mol. The van der Waals surface area contributed by atoms with Crippen LogP contribution >= 0.6 is 27.7 Å². The Kier molecular flexibility index (Phi) is 19.8. The zero-order valence-corrected chi connectivity index (χ0v) is 19.2. The number of hydrogen-bond donors (Lipinski definition) is 3. The van der Waals surface area contributed by atoms with Crippen LogP contribution in [-0.2, 0) is 11.4 Å². The van der Waals surface area contributed by atoms with Crippen LogP contribution in [0.1, 0.15) is 39.7 Å². The molecule has 6 heteroatoms. The Labute approximate surface area is 176 Å². The molecule has 0 atom stereocenters. The van der Waals surface area contributed by atoms with E-state index in [4.69, 9.17) is 15.0 Å². The highest BCUT2D eigenvalue weighted by Crippen LogP contribution is 2.19. The fraction of sp³-hybridized carbons (Fsp3) is 0.381. The highest BCUT2D eigenvalue weighted by molar-refractivity contribution is 9.11. The van der Waals surface area contributed by atoms with Gasteiger partial charge in [0.2, 0.25) is 0 Å². The largest absolute Gasteiger partial charge is 0.483 e. The van der Waals surface area contributed by atoms with Crippen LogP contribution in [0, 0.1) is 0 Å². The summed E-state index contributed by atoms with van der Waals surface area (Å²) in [5, 5.41) is 18.9. The fourth-order valence-corrected chi connectivity index (χ4v) is 2.70. The van der Waals surface area contributed by atoms with E-state index < -0.39 is 0 Å². The number of aliphatic hydroxyl groups excluding tert-OH is 1. The highest BCUT2D eigenvalue weighted by atomic mass is 79.9. The van der Waals surface area contributed by atoms with Crippen LogP contribution in [-0.4, -0.2) is 29.5 Å². The van der Waals surface area contributed by atoms with E-state index in [1.165, 1.54) is 16.9 Å². The number of allylic oxidation sites excluding steroid dienone is 5. The molecule has 0 saturated carbocycles. The third-order valence-electron chi connectivity index (χ3n) is 3.16. The predicted molar refractivity (Wildman–Crippen MR) is 121 cm³/mol. The molecule has 1 aromatic rings. The van der Waals surface area contributed by atoms with Crippen molar-refractivity contribution in [2.75, 3.05) is 12.8 Å². The van der Waals surface area contributed by atoms with Crippen LogP contribution in [0.15, 0.2) is 63.1 Å². The minimum absolute atomic E-state index is 0.139. The van der Waals surface area contributed by atoms with Gasteiger partial charge >= 0.3 is 0 Å². The van der Waals surface area contributed by atoms with Gasteiger partial charge in [0.1, 0.15) is 0 Å². The van der Waals surface area contributed by atoms with Crippen molar-refractivity contribution in [1.82, 2.24) is 5.32 Å². The van der Waals surface area contributed by atoms with Gasteiger partial charge < -0.3 is 15.5 Å². The second-order valence-corrected chi connectivity index (χ2v) is 7.73. The normalized spacial score (nSPS) is 11.6. The van der Waals surface area contributed by atoms with Gasteiger partial charge in [0, 0.05) is 17.6 Å². The Morgan fingerprint density at radius 2 is 1.93 bits per heavy atom. The summed E-state index contributed by atoms with van der Waals surface area (Å²) in [6.07, 6.45) is 7.35. The first-order chi connectivity index (χ1) is 12.9. The first kappa shape index (κ1) is 27.7. The number of halogens is 1. The average molecular weight is 458 g/mol. The Bertz CT molecular complexity index is 609. The lowest BCUT2D eigenvalue weighted by Crippen LogP contribution is -2.06. The van der Waals surface area contributed by atoms with Gasteiger partial charge in [0.25, 0.3) is 6.47 Å². The summed E-state index contributed by atoms with van der Waals surface area (Å²) in [4.78, 5) is 9.61. The number of carboxylic acid groups (broad SMARTS) is 1. The molecule has 152 valence electrons. The lowest BCUT2D eigenvalue weighted by Gasteiger charge is -2.04. The van der Waals surface area contributed by atoms with Crippen LogP contribution in [0.4, 0.5) is 0 Å². The smallest absolute Gasteiger partial charge is 0.290 e. The van der Waals surface area contributed by atoms with Gasteiger partial charge in [0.05, 0.1) is 6.61 Å². The summed E-state index contributed by atoms with van der Waals surface area (Å²) < 4.78 is 1.12. The summed E-state index contributed by atoms with van der Waals surface area (Å²) in [6, 6.07) is 8.05. The number of benzene rings is 1. The molecule has 0 aliphatic rings. The number of rotatable bonds is 7. The number of thioether (sulfide) groups is 1. The molecule has 0 fully saturated rings. The first-order valence-corrected chi connectivity index (χ1v) is 10.4. The number of hydrogen-bond acceptors (Lipinski definition) is 4. The zero-order chi connectivity index (χ0) is 21.1. The van der Waals surface area contributed by atoms with E-state index in [1.807, 2.05) is 56.9 Å². The van der Waals surface area contributed by atoms with Crippen LogP contribution in [0.3, 0.4) is 0 Å². The molecule has 1 rings (SSSR count). The molecule has 0 saturated heterocycles. The quantitative estimate of drug-likeness (QED) is 0.276. The maximum absolute atomic E-state index is 8.88. The van der Waals surface area contributed by atoms with E-state index >= 15 is 0 Å². The molecular formula is C21H32BrNO3S. The third kappa shape index (κ3) is 16.4. The molecule has 0 bridgehead atoms. The minimum atomic E-state index is -0.250. The molecule has 0 heterocycles. The van der Waals surface area contributed by atoms with Crippen LogP contribution in [0.2, 0.25) is 0 Å². The summed E-state index contributed by atoms with van der Waals surface area (Å²) in [6.45, 7) is 8.18. The van der Waals surface area contributed by atoms with E-state index in [-0.39, 0.29) is 13.1 Å². The fourth-order valence-electron chi connectivity index (χ4n) is 1.72. The summed E-state index contributed by atoms with van der Waals surface area (Å²) in [5.41, 5.74) is 3.40. The second kappa shape index (κ2) is 19.3. The Hall–Kier alpha value is -1.50. The van der Waals surface area contributed by atoms with Gasteiger partial charge in [-0.15, -0.1) is 11.8 Å². The molecule has 0 amide bonds. The lowest BCUT2D eigenvalue weighted by atomic mass is 10.2. The van der Waals surface area contributed by atoms with E-state index in [0.717, 1.165) is 21.5 Å². The van der Waals surface area contributed by atoms with Crippen molar-refractivity contribution in [3.8, 4) is 0 Å². The van der Waals surface area contributed by atoms with Gasteiger partial charge in [-0.1, -0.05) is 47.1 Å². The van der Waals surface area contributed by atoms with Crippen LogP contribution in [0.5, 0.6) is 0 Å². The van der Waals surface area contributed by atoms with Gasteiger partial charge in [-0.25, -0.2) is 0 Å². The van der Waals surface area contributed by atoms with E-state index in [2.05, 4.69) is 53.3 Å². The van der Waals surface area contributed by atoms with Gasteiger partial charge in [-0.05, 0) is 66.8 Å². The molecular weight excluding hydrogens is 426 g/mol. The first-order valence-electron chi connectivity index (χ1n) is 8.65. The van der Waals surface area contributed by atoms with Gasteiger partial charge in [0.15, 0.2) is 0 Å². The van der Waals surface area contributed by atoms with Crippen molar-refractivity contribution in [2.45, 2.75) is 45.6 Å². The Morgan fingerprint density at radius 1 is 1.30 bits per heavy atom. The summed E-state index contributed by atoms with van der Waals surface area (Å²) in [5.74, 6) is 1.15. The molecule has 0 spiro atoms. The van der Waals surface area contributed by atoms with E-state index in [1.54, 1.807) is 0 Å². The predicted octanol–water partition coefficient (Wildman–Crippen LogP) is 5.74. The molecule has 4 nitrogen and oxygen atoms in total. The van der Waals surface area contributed by atoms with E-state index in [0.29, 0.717) is 0 Å². The maximum atomic E-state index is 8.88. The van der Waals surface area contributed by atoms with Crippen molar-refractivity contribution in [3.63, 3.8) is 0 Å². The van der Waals surface area contributed by atoms with Crippen molar-refractivity contribution < 1.29 is 15.0 Å². The second-order valence-electron chi connectivity index (χ2n) is 5.31. The standard InChI is InChI=1S/C10H16BrN.C10H14OS.CH2O2/c1-5-8(2)10(12-4)7-6-9(3)11;1-2-6-12-10-5-3-4-9(7-10)8-11;2-1-3/h5-7,12H,1-4H3;3-5,7,11H,2,6,8H2,1H3;1H,(H,2,3)/b8-5-,9-6+,10-7+;;. The van der Waals surface area contributed by atoms with Gasteiger partial charge in [-0.3, -0.25) is 4.79 Å². The molecule has 0 aromatic heterocycles. The van der Waals surface area contributed by atoms with Crippen molar-refractivity contribution >= 4 is 34.2 Å². The third-order valence-corrected chi connectivity index (χ3v) is 4.62.